The molecule has 0 fully saturated rings. The van der Waals surface area contributed by atoms with Crippen molar-refractivity contribution in [3.05, 3.63) is 58.9 Å². The molecule has 0 unspecified atom stereocenters. The van der Waals surface area contributed by atoms with E-state index < -0.39 is 0 Å². The second-order valence-electron chi connectivity index (χ2n) is 5.36. The fourth-order valence-electron chi connectivity index (χ4n) is 2.69. The van der Waals surface area contributed by atoms with E-state index in [-0.39, 0.29) is 6.92 Å². The zero-order chi connectivity index (χ0) is 15.7. The Morgan fingerprint density at radius 3 is 2.82 bits per heavy atom. The maximum atomic E-state index is 9.10. The molecule has 106 valence electrons. The van der Waals surface area contributed by atoms with Crippen molar-refractivity contribution in [3.8, 4) is 6.07 Å². The maximum Gasteiger partial charge on any atom is 0.324 e. The number of benzene rings is 2. The van der Waals surface area contributed by atoms with Crippen LogP contribution in [0.2, 0.25) is 6.82 Å². The lowest BCUT2D eigenvalue weighted by Crippen LogP contribution is -2.24. The van der Waals surface area contributed by atoms with E-state index in [0.717, 1.165) is 11.4 Å². The van der Waals surface area contributed by atoms with Crippen LogP contribution in [0.5, 0.6) is 0 Å². The second-order valence-corrected chi connectivity index (χ2v) is 5.36. The van der Waals surface area contributed by atoms with E-state index in [1.807, 2.05) is 24.8 Å². The number of nitriles is 1. The van der Waals surface area contributed by atoms with Gasteiger partial charge in [-0.1, -0.05) is 12.9 Å². The molecule has 0 atom stereocenters. The Morgan fingerprint density at radius 1 is 1.27 bits per heavy atom. The van der Waals surface area contributed by atoms with E-state index >= 15 is 0 Å². The lowest BCUT2D eigenvalue weighted by Gasteiger charge is -2.21. The van der Waals surface area contributed by atoms with Crippen LogP contribution in [0.15, 0.2) is 36.4 Å². The van der Waals surface area contributed by atoms with Gasteiger partial charge in [0.2, 0.25) is 0 Å². The number of anilines is 2. The van der Waals surface area contributed by atoms with Crippen LogP contribution < -0.4 is 10.4 Å². The molecule has 1 heterocycles. The van der Waals surface area contributed by atoms with Gasteiger partial charge in [-0.05, 0) is 41.4 Å². The van der Waals surface area contributed by atoms with Gasteiger partial charge in [-0.3, -0.25) is 0 Å². The zero-order valence-corrected chi connectivity index (χ0v) is 12.5. The molecule has 1 aliphatic rings. The second kappa shape index (κ2) is 5.56. The summed E-state index contributed by atoms with van der Waals surface area (Å²) in [6.45, 7) is 9.98. The van der Waals surface area contributed by atoms with Gasteiger partial charge in [0.15, 0.2) is 5.69 Å². The zero-order valence-electron chi connectivity index (χ0n) is 12.5. The van der Waals surface area contributed by atoms with Crippen molar-refractivity contribution in [3.63, 3.8) is 0 Å². The van der Waals surface area contributed by atoms with Crippen LogP contribution in [-0.2, 0) is 11.3 Å². The van der Waals surface area contributed by atoms with Gasteiger partial charge in [0.25, 0.3) is 0 Å². The van der Waals surface area contributed by atoms with Crippen LogP contribution in [0, 0.1) is 17.9 Å². The number of hydrogen-bond acceptors (Lipinski definition) is 3. The van der Waals surface area contributed by atoms with Crippen LogP contribution in [0.1, 0.15) is 11.1 Å². The largest absolute Gasteiger partial charge is 0.427 e. The topological polar surface area (TPSA) is 40.6 Å². The third-order valence-corrected chi connectivity index (χ3v) is 3.99. The van der Waals surface area contributed by atoms with Gasteiger partial charge in [0, 0.05) is 24.0 Å². The molecule has 0 spiro atoms. The summed E-state index contributed by atoms with van der Waals surface area (Å²) >= 11 is 0. The van der Waals surface area contributed by atoms with Crippen molar-refractivity contribution >= 4 is 29.4 Å². The standard InChI is InChI=1S/C17H14BN3O/c1-18-17-5-4-15(8-13(17)11-22-18)21(3)16-7-12(10-19)6-14(9-16)20-2/h4-9H,11H2,1,3H3. The highest BCUT2D eigenvalue weighted by atomic mass is 16.4. The smallest absolute Gasteiger partial charge is 0.324 e. The van der Waals surface area contributed by atoms with Crippen molar-refractivity contribution < 1.29 is 4.65 Å². The molecule has 22 heavy (non-hydrogen) atoms. The van der Waals surface area contributed by atoms with Gasteiger partial charge >= 0.3 is 6.92 Å². The van der Waals surface area contributed by atoms with Crippen LogP contribution in [0.25, 0.3) is 4.85 Å². The van der Waals surface area contributed by atoms with Gasteiger partial charge in [-0.15, -0.1) is 0 Å². The Labute approximate surface area is 130 Å². The summed E-state index contributed by atoms with van der Waals surface area (Å²) in [7, 11) is 1.94. The van der Waals surface area contributed by atoms with Gasteiger partial charge in [0.1, 0.15) is 0 Å². The Kier molecular flexibility index (Phi) is 3.59. The highest BCUT2D eigenvalue weighted by molar-refractivity contribution is 6.67. The minimum Gasteiger partial charge on any atom is -0.427 e. The lowest BCUT2D eigenvalue weighted by molar-refractivity contribution is 0.333. The molecular weight excluding hydrogens is 273 g/mol. The average Bonchev–Trinajstić information content (AvgIpc) is 2.94. The monoisotopic (exact) mass is 287 g/mol. The van der Waals surface area contributed by atoms with E-state index in [2.05, 4.69) is 23.0 Å². The predicted molar refractivity (Wildman–Crippen MR) is 88.0 cm³/mol. The van der Waals surface area contributed by atoms with Crippen molar-refractivity contribution in [2.24, 2.45) is 0 Å². The fraction of sp³-hybridized carbons (Fsp3) is 0.176. The molecule has 2 aromatic carbocycles. The molecule has 0 bridgehead atoms. The fourth-order valence-corrected chi connectivity index (χ4v) is 2.69. The van der Waals surface area contributed by atoms with Gasteiger partial charge in [-0.2, -0.15) is 5.26 Å². The molecule has 0 aromatic heterocycles. The molecule has 0 aliphatic carbocycles. The number of nitrogens with zero attached hydrogens (tertiary/aromatic N) is 3. The van der Waals surface area contributed by atoms with Gasteiger partial charge in [-0.25, -0.2) is 4.85 Å². The molecule has 5 heteroatoms. The molecule has 0 N–H and O–H groups in total. The number of hydrogen-bond donors (Lipinski definition) is 0. The molecule has 1 aliphatic heterocycles. The first-order valence-electron chi connectivity index (χ1n) is 7.03. The Bertz CT molecular complexity index is 787. The first kappa shape index (κ1) is 14.2. The quantitative estimate of drug-likeness (QED) is 0.629. The molecule has 3 rings (SSSR count). The van der Waals surface area contributed by atoms with Crippen LogP contribution in [-0.4, -0.2) is 14.0 Å². The molecule has 0 radical (unpaired) electrons. The molecule has 0 amide bonds. The minimum atomic E-state index is 0.144. The minimum absolute atomic E-state index is 0.144. The number of rotatable bonds is 2. The van der Waals surface area contributed by atoms with Crippen LogP contribution >= 0.6 is 0 Å². The summed E-state index contributed by atoms with van der Waals surface area (Å²) in [6.07, 6.45) is 0. The summed E-state index contributed by atoms with van der Waals surface area (Å²) in [5.41, 5.74) is 5.23. The summed E-state index contributed by atoms with van der Waals surface area (Å²) in [5.74, 6) is 0. The normalized spacial score (nSPS) is 12.5. The molecule has 4 nitrogen and oxygen atoms in total. The SMILES string of the molecule is [C-]#[N+]c1cc(C#N)cc(N(C)c2ccc3c(c2)COB3C)c1. The average molecular weight is 287 g/mol. The number of fused-ring (bicyclic) bond motifs is 1. The molecule has 0 saturated heterocycles. The third kappa shape index (κ3) is 2.43. The summed E-state index contributed by atoms with van der Waals surface area (Å²) in [6, 6.07) is 13.5. The van der Waals surface area contributed by atoms with E-state index in [0.29, 0.717) is 17.9 Å². The Balaban J connectivity index is 2.00. The van der Waals surface area contributed by atoms with E-state index in [9.17, 15) is 0 Å². The molecular formula is C17H14BN3O. The lowest BCUT2D eigenvalue weighted by atomic mass is 9.64. The van der Waals surface area contributed by atoms with E-state index in [4.69, 9.17) is 16.5 Å². The van der Waals surface area contributed by atoms with E-state index in [1.165, 1.54) is 11.0 Å². The van der Waals surface area contributed by atoms with Crippen LogP contribution in [0.4, 0.5) is 17.1 Å². The van der Waals surface area contributed by atoms with E-state index in [1.54, 1.807) is 18.2 Å². The summed E-state index contributed by atoms with van der Waals surface area (Å²) in [4.78, 5) is 5.42. The van der Waals surface area contributed by atoms with Crippen molar-refractivity contribution in [2.45, 2.75) is 13.4 Å². The molecule has 2 aromatic rings. The first-order valence-corrected chi connectivity index (χ1v) is 7.03. The first-order chi connectivity index (χ1) is 10.6. The predicted octanol–water partition coefficient (Wildman–Crippen LogP) is 3.24. The Hall–Kier alpha value is -2.76. The van der Waals surface area contributed by atoms with Gasteiger partial charge in [0.05, 0.1) is 19.2 Å². The third-order valence-electron chi connectivity index (χ3n) is 3.99. The highest BCUT2D eigenvalue weighted by Gasteiger charge is 2.23. The van der Waals surface area contributed by atoms with Crippen LogP contribution in [0.3, 0.4) is 0 Å². The maximum absolute atomic E-state index is 9.10. The Morgan fingerprint density at radius 2 is 2.09 bits per heavy atom. The molecule has 0 saturated carbocycles. The highest BCUT2D eigenvalue weighted by Crippen LogP contribution is 2.29. The van der Waals surface area contributed by atoms with Crippen molar-refractivity contribution in [2.75, 3.05) is 11.9 Å². The van der Waals surface area contributed by atoms with Crippen molar-refractivity contribution in [1.82, 2.24) is 0 Å². The summed E-state index contributed by atoms with van der Waals surface area (Å²) in [5, 5.41) is 9.10. The summed E-state index contributed by atoms with van der Waals surface area (Å²) < 4.78 is 5.64. The van der Waals surface area contributed by atoms with Crippen molar-refractivity contribution in [1.29, 1.82) is 5.26 Å². The van der Waals surface area contributed by atoms with Gasteiger partial charge < -0.3 is 9.55 Å².